The highest BCUT2D eigenvalue weighted by molar-refractivity contribution is 5.78. The van der Waals surface area contributed by atoms with Gasteiger partial charge in [-0.1, -0.05) is 0 Å². The van der Waals surface area contributed by atoms with Gasteiger partial charge in [-0.3, -0.25) is 0 Å². The highest BCUT2D eigenvalue weighted by Crippen LogP contribution is 2.20. The van der Waals surface area contributed by atoms with Crippen LogP contribution in [0.1, 0.15) is 5.69 Å². The number of fused-ring (bicyclic) bond motifs is 1. The lowest BCUT2D eigenvalue weighted by Gasteiger charge is -1.95. The smallest absolute Gasteiger partial charge is 0.160 e. The van der Waals surface area contributed by atoms with E-state index in [9.17, 15) is 4.39 Å². The number of imidazole rings is 1. The molecule has 5 nitrogen and oxygen atoms in total. The SMILES string of the molecule is N#Cc1cc2nc(-c3ncccc3F)[nH]c2cn1. The van der Waals surface area contributed by atoms with Crippen molar-refractivity contribution in [2.75, 3.05) is 0 Å². The summed E-state index contributed by atoms with van der Waals surface area (Å²) in [5.74, 6) is -0.134. The minimum absolute atomic E-state index is 0.146. The van der Waals surface area contributed by atoms with Crippen molar-refractivity contribution in [3.8, 4) is 17.6 Å². The second kappa shape index (κ2) is 3.89. The van der Waals surface area contributed by atoms with Gasteiger partial charge in [-0.25, -0.2) is 19.3 Å². The number of aromatic nitrogens is 4. The van der Waals surface area contributed by atoms with Crippen LogP contribution in [0.5, 0.6) is 0 Å². The number of nitrogens with one attached hydrogen (secondary N) is 1. The Kier molecular flexibility index (Phi) is 2.24. The zero-order valence-electron chi connectivity index (χ0n) is 9.05. The number of hydrogen-bond acceptors (Lipinski definition) is 4. The van der Waals surface area contributed by atoms with E-state index in [4.69, 9.17) is 5.26 Å². The van der Waals surface area contributed by atoms with Crippen LogP contribution >= 0.6 is 0 Å². The molecule has 3 heterocycles. The third kappa shape index (κ3) is 1.58. The Morgan fingerprint density at radius 2 is 2.22 bits per heavy atom. The first-order chi connectivity index (χ1) is 8.78. The summed E-state index contributed by atoms with van der Waals surface area (Å²) in [5, 5.41) is 8.74. The molecule has 0 aliphatic heterocycles. The van der Waals surface area contributed by atoms with Gasteiger partial charge in [-0.2, -0.15) is 5.26 Å². The van der Waals surface area contributed by atoms with E-state index in [2.05, 4.69) is 19.9 Å². The van der Waals surface area contributed by atoms with Gasteiger partial charge in [0.05, 0.1) is 17.2 Å². The fourth-order valence-corrected chi connectivity index (χ4v) is 1.64. The molecule has 0 bridgehead atoms. The molecule has 0 atom stereocenters. The molecule has 0 fully saturated rings. The van der Waals surface area contributed by atoms with Crippen LogP contribution in [0, 0.1) is 17.1 Å². The maximum atomic E-state index is 13.6. The van der Waals surface area contributed by atoms with E-state index in [1.807, 2.05) is 6.07 Å². The van der Waals surface area contributed by atoms with E-state index < -0.39 is 5.82 Å². The maximum Gasteiger partial charge on any atom is 0.160 e. The van der Waals surface area contributed by atoms with E-state index in [1.54, 1.807) is 0 Å². The molecule has 6 heteroatoms. The largest absolute Gasteiger partial charge is 0.335 e. The molecule has 3 aromatic heterocycles. The van der Waals surface area contributed by atoms with E-state index in [0.29, 0.717) is 16.9 Å². The quantitative estimate of drug-likeness (QED) is 0.704. The molecular formula is C12H6FN5. The number of aromatic amines is 1. The second-order valence-corrected chi connectivity index (χ2v) is 3.62. The average molecular weight is 239 g/mol. The molecular weight excluding hydrogens is 233 g/mol. The summed E-state index contributed by atoms with van der Waals surface area (Å²) in [5.41, 5.74) is 1.60. The van der Waals surface area contributed by atoms with Crippen molar-refractivity contribution in [1.29, 1.82) is 5.26 Å². The van der Waals surface area contributed by atoms with Gasteiger partial charge in [-0.15, -0.1) is 0 Å². The first-order valence-electron chi connectivity index (χ1n) is 5.14. The molecule has 86 valence electrons. The second-order valence-electron chi connectivity index (χ2n) is 3.62. The summed E-state index contributed by atoms with van der Waals surface area (Å²) in [4.78, 5) is 15.0. The predicted molar refractivity (Wildman–Crippen MR) is 61.8 cm³/mol. The lowest BCUT2D eigenvalue weighted by atomic mass is 10.3. The number of H-pyrrole nitrogens is 1. The van der Waals surface area contributed by atoms with Gasteiger partial charge in [0.25, 0.3) is 0 Å². The molecule has 0 aromatic carbocycles. The lowest BCUT2D eigenvalue weighted by molar-refractivity contribution is 0.624. The van der Waals surface area contributed by atoms with Crippen LogP contribution in [0.4, 0.5) is 4.39 Å². The van der Waals surface area contributed by atoms with Crippen molar-refractivity contribution in [3.63, 3.8) is 0 Å². The Balaban J connectivity index is 2.20. The van der Waals surface area contributed by atoms with Crippen molar-refractivity contribution in [2.45, 2.75) is 0 Å². The van der Waals surface area contributed by atoms with Gasteiger partial charge < -0.3 is 4.98 Å². The molecule has 3 rings (SSSR count). The summed E-state index contributed by atoms with van der Waals surface area (Å²) in [6.45, 7) is 0. The topological polar surface area (TPSA) is 78.2 Å². The molecule has 3 aromatic rings. The third-order valence-electron chi connectivity index (χ3n) is 2.46. The Bertz CT molecular complexity index is 771. The summed E-state index contributed by atoms with van der Waals surface area (Å²) < 4.78 is 13.6. The van der Waals surface area contributed by atoms with Crippen molar-refractivity contribution in [1.82, 2.24) is 19.9 Å². The van der Waals surface area contributed by atoms with Crippen LogP contribution in [-0.2, 0) is 0 Å². The van der Waals surface area contributed by atoms with Crippen LogP contribution in [0.15, 0.2) is 30.6 Å². The Labute approximate surface area is 101 Å². The van der Waals surface area contributed by atoms with Gasteiger partial charge in [-0.05, 0) is 12.1 Å². The average Bonchev–Trinajstić information content (AvgIpc) is 2.81. The maximum absolute atomic E-state index is 13.6. The molecule has 0 saturated heterocycles. The Morgan fingerprint density at radius 1 is 1.33 bits per heavy atom. The zero-order valence-corrected chi connectivity index (χ0v) is 9.05. The Hall–Kier alpha value is -2.81. The molecule has 0 amide bonds. The molecule has 0 spiro atoms. The number of nitriles is 1. The highest BCUT2D eigenvalue weighted by atomic mass is 19.1. The molecule has 0 aliphatic carbocycles. The number of hydrogen-bond donors (Lipinski definition) is 1. The van der Waals surface area contributed by atoms with E-state index >= 15 is 0 Å². The van der Waals surface area contributed by atoms with Gasteiger partial charge in [0.1, 0.15) is 17.5 Å². The summed E-state index contributed by atoms with van der Waals surface area (Å²) in [7, 11) is 0. The van der Waals surface area contributed by atoms with Crippen molar-refractivity contribution in [3.05, 3.63) is 42.1 Å². The van der Waals surface area contributed by atoms with E-state index in [1.165, 1.54) is 30.6 Å². The minimum Gasteiger partial charge on any atom is -0.335 e. The predicted octanol–water partition coefficient (Wildman–Crippen LogP) is 2.03. The van der Waals surface area contributed by atoms with Gasteiger partial charge >= 0.3 is 0 Å². The van der Waals surface area contributed by atoms with Crippen LogP contribution in [0.3, 0.4) is 0 Å². The summed E-state index contributed by atoms with van der Waals surface area (Å²) >= 11 is 0. The minimum atomic E-state index is -0.454. The van der Waals surface area contributed by atoms with Crippen molar-refractivity contribution >= 4 is 11.0 Å². The van der Waals surface area contributed by atoms with E-state index in [0.717, 1.165) is 0 Å². The molecule has 0 aliphatic rings. The van der Waals surface area contributed by atoms with Gasteiger partial charge in [0.15, 0.2) is 11.6 Å². The van der Waals surface area contributed by atoms with Crippen LogP contribution in [-0.4, -0.2) is 19.9 Å². The molecule has 0 unspecified atom stereocenters. The zero-order chi connectivity index (χ0) is 12.5. The van der Waals surface area contributed by atoms with Crippen molar-refractivity contribution < 1.29 is 4.39 Å². The normalized spacial score (nSPS) is 10.4. The van der Waals surface area contributed by atoms with E-state index in [-0.39, 0.29) is 11.4 Å². The van der Waals surface area contributed by atoms with Crippen molar-refractivity contribution in [2.24, 2.45) is 0 Å². The monoisotopic (exact) mass is 239 g/mol. The molecule has 0 saturated carbocycles. The van der Waals surface area contributed by atoms with Gasteiger partial charge in [0.2, 0.25) is 0 Å². The summed E-state index contributed by atoms with van der Waals surface area (Å²) in [6.07, 6.45) is 2.98. The summed E-state index contributed by atoms with van der Waals surface area (Å²) in [6, 6.07) is 6.29. The molecule has 0 radical (unpaired) electrons. The number of halogens is 1. The number of nitrogens with zero attached hydrogens (tertiary/aromatic N) is 4. The standard InChI is InChI=1S/C12H6FN5/c13-8-2-1-3-15-11(8)12-17-9-4-7(5-14)16-6-10(9)18-12/h1-4,6H,(H,17,18). The number of pyridine rings is 2. The van der Waals surface area contributed by atoms with Crippen LogP contribution < -0.4 is 0 Å². The first kappa shape index (κ1) is 10.4. The highest BCUT2D eigenvalue weighted by Gasteiger charge is 2.11. The van der Waals surface area contributed by atoms with Crippen LogP contribution in [0.2, 0.25) is 0 Å². The van der Waals surface area contributed by atoms with Crippen LogP contribution in [0.25, 0.3) is 22.6 Å². The fraction of sp³-hybridized carbons (Fsp3) is 0. The molecule has 1 N–H and O–H groups in total. The fourth-order valence-electron chi connectivity index (χ4n) is 1.64. The first-order valence-corrected chi connectivity index (χ1v) is 5.14. The Morgan fingerprint density at radius 3 is 3.00 bits per heavy atom. The number of rotatable bonds is 1. The molecule has 18 heavy (non-hydrogen) atoms. The third-order valence-corrected chi connectivity index (χ3v) is 2.46. The lowest BCUT2D eigenvalue weighted by Crippen LogP contribution is -1.89. The van der Waals surface area contributed by atoms with Gasteiger partial charge in [0, 0.05) is 12.3 Å².